The van der Waals surface area contributed by atoms with Crippen LogP contribution in [0.5, 0.6) is 0 Å². The minimum Gasteiger partial charge on any atom is -0.366 e. The summed E-state index contributed by atoms with van der Waals surface area (Å²) in [6.45, 7) is 0. The van der Waals surface area contributed by atoms with Crippen molar-refractivity contribution < 1.29 is 22.8 Å². The van der Waals surface area contributed by atoms with E-state index in [4.69, 9.17) is 11.0 Å². The molecule has 0 aliphatic heterocycles. The molecule has 0 unspecified atom stereocenters. The third-order valence-corrected chi connectivity index (χ3v) is 2.01. The predicted octanol–water partition coefficient (Wildman–Crippen LogP) is 1.49. The highest BCUT2D eigenvalue weighted by atomic mass is 19.4. The number of nitrogens with two attached hydrogens (primary N) is 1. The van der Waals surface area contributed by atoms with Crippen LogP contribution in [-0.4, -0.2) is 12.2 Å². The standard InChI is InChI=1S/C10H5F3N2O2/c11-10(12,13)8-2-6(4-16)5(3-14)1-7(8)9(15)17/h1-2,4H,(H2,15,17). The fourth-order valence-electron chi connectivity index (χ4n) is 1.25. The van der Waals surface area contributed by atoms with Crippen LogP contribution in [0, 0.1) is 11.3 Å². The molecular weight excluding hydrogens is 237 g/mol. The Morgan fingerprint density at radius 1 is 1.41 bits per heavy atom. The Labute approximate surface area is 93.4 Å². The molecule has 0 aliphatic rings. The number of nitrogens with zero attached hydrogens (tertiary/aromatic N) is 1. The van der Waals surface area contributed by atoms with Crippen molar-refractivity contribution in [3.05, 3.63) is 34.4 Å². The van der Waals surface area contributed by atoms with Crippen LogP contribution < -0.4 is 5.73 Å². The third kappa shape index (κ3) is 2.42. The summed E-state index contributed by atoms with van der Waals surface area (Å²) in [5, 5.41) is 8.61. The number of halogens is 3. The summed E-state index contributed by atoms with van der Waals surface area (Å²) >= 11 is 0. The van der Waals surface area contributed by atoms with E-state index in [0.717, 1.165) is 0 Å². The number of carbonyl (C=O) groups is 2. The quantitative estimate of drug-likeness (QED) is 0.797. The maximum atomic E-state index is 12.6. The number of hydrogen-bond donors (Lipinski definition) is 1. The first-order valence-corrected chi connectivity index (χ1v) is 4.21. The number of rotatable bonds is 2. The molecule has 1 aromatic rings. The monoisotopic (exact) mass is 242 g/mol. The van der Waals surface area contributed by atoms with E-state index in [9.17, 15) is 22.8 Å². The molecule has 0 radical (unpaired) electrons. The van der Waals surface area contributed by atoms with E-state index in [1.165, 1.54) is 6.07 Å². The number of hydrogen-bond acceptors (Lipinski definition) is 3. The van der Waals surface area contributed by atoms with E-state index in [1.54, 1.807) is 0 Å². The Morgan fingerprint density at radius 3 is 2.35 bits per heavy atom. The molecule has 0 spiro atoms. The van der Waals surface area contributed by atoms with Crippen molar-refractivity contribution in [1.29, 1.82) is 5.26 Å². The largest absolute Gasteiger partial charge is 0.417 e. The molecule has 0 saturated heterocycles. The van der Waals surface area contributed by atoms with E-state index in [1.807, 2.05) is 0 Å². The van der Waals surface area contributed by atoms with Crippen LogP contribution in [0.25, 0.3) is 0 Å². The summed E-state index contributed by atoms with van der Waals surface area (Å²) < 4.78 is 37.7. The molecule has 0 aliphatic carbocycles. The zero-order chi connectivity index (χ0) is 13.2. The van der Waals surface area contributed by atoms with Crippen molar-refractivity contribution in [1.82, 2.24) is 0 Å². The van der Waals surface area contributed by atoms with Gasteiger partial charge in [-0.25, -0.2) is 0 Å². The van der Waals surface area contributed by atoms with Gasteiger partial charge in [-0.15, -0.1) is 0 Å². The summed E-state index contributed by atoms with van der Waals surface area (Å²) in [5.41, 5.74) is 1.86. The molecule has 7 heteroatoms. The highest BCUT2D eigenvalue weighted by Gasteiger charge is 2.35. The Bertz CT molecular complexity index is 530. The summed E-state index contributed by atoms with van der Waals surface area (Å²) in [4.78, 5) is 21.4. The van der Waals surface area contributed by atoms with E-state index >= 15 is 0 Å². The average molecular weight is 242 g/mol. The Balaban J connectivity index is 3.65. The van der Waals surface area contributed by atoms with Crippen LogP contribution >= 0.6 is 0 Å². The van der Waals surface area contributed by atoms with E-state index in [2.05, 4.69) is 0 Å². The molecule has 0 fully saturated rings. The zero-order valence-electron chi connectivity index (χ0n) is 8.21. The lowest BCUT2D eigenvalue weighted by molar-refractivity contribution is -0.137. The van der Waals surface area contributed by atoms with Gasteiger partial charge in [0.25, 0.3) is 0 Å². The molecule has 1 rings (SSSR count). The number of alkyl halides is 3. The zero-order valence-corrected chi connectivity index (χ0v) is 8.21. The highest BCUT2D eigenvalue weighted by molar-refractivity contribution is 5.96. The van der Waals surface area contributed by atoms with Gasteiger partial charge in [0.05, 0.1) is 22.8 Å². The SMILES string of the molecule is N#Cc1cc(C(N)=O)c(C(F)(F)F)cc1C=O. The Morgan fingerprint density at radius 2 is 2.00 bits per heavy atom. The van der Waals surface area contributed by atoms with Crippen molar-refractivity contribution in [3.8, 4) is 6.07 Å². The van der Waals surface area contributed by atoms with E-state index < -0.39 is 28.8 Å². The molecule has 0 saturated carbocycles. The van der Waals surface area contributed by atoms with Gasteiger partial charge in [-0.1, -0.05) is 0 Å². The first-order chi connectivity index (χ1) is 7.81. The molecule has 1 aromatic carbocycles. The lowest BCUT2D eigenvalue weighted by Gasteiger charge is -2.11. The van der Waals surface area contributed by atoms with Crippen LogP contribution in [0.3, 0.4) is 0 Å². The Kier molecular flexibility index (Phi) is 3.18. The Hall–Kier alpha value is -2.36. The third-order valence-electron chi connectivity index (χ3n) is 2.01. The van der Waals surface area contributed by atoms with Crippen molar-refractivity contribution in [3.63, 3.8) is 0 Å². The molecule has 0 heterocycles. The summed E-state index contributed by atoms with van der Waals surface area (Å²) in [5.74, 6) is -1.31. The molecule has 1 amide bonds. The van der Waals surface area contributed by atoms with Gasteiger partial charge < -0.3 is 5.73 Å². The molecule has 2 N–H and O–H groups in total. The predicted molar refractivity (Wildman–Crippen MR) is 50.1 cm³/mol. The number of nitriles is 1. The maximum Gasteiger partial charge on any atom is 0.417 e. The molecule has 0 bridgehead atoms. The van der Waals surface area contributed by atoms with E-state index in [-0.39, 0.29) is 11.8 Å². The number of amides is 1. The lowest BCUT2D eigenvalue weighted by atomic mass is 9.98. The van der Waals surface area contributed by atoms with Crippen molar-refractivity contribution >= 4 is 12.2 Å². The molecule has 0 aromatic heterocycles. The molecule has 0 atom stereocenters. The number of benzene rings is 1. The van der Waals surface area contributed by atoms with Crippen molar-refractivity contribution in [2.24, 2.45) is 5.73 Å². The second kappa shape index (κ2) is 4.25. The second-order valence-electron chi connectivity index (χ2n) is 3.08. The fraction of sp³-hybridized carbons (Fsp3) is 0.100. The number of primary amides is 1. The summed E-state index contributed by atoms with van der Waals surface area (Å²) in [7, 11) is 0. The van der Waals surface area contributed by atoms with Crippen LogP contribution in [0.15, 0.2) is 12.1 Å². The van der Waals surface area contributed by atoms with Gasteiger partial charge in [-0.2, -0.15) is 18.4 Å². The lowest BCUT2D eigenvalue weighted by Crippen LogP contribution is -2.19. The highest BCUT2D eigenvalue weighted by Crippen LogP contribution is 2.33. The van der Waals surface area contributed by atoms with Crippen LogP contribution in [0.1, 0.15) is 31.8 Å². The van der Waals surface area contributed by atoms with Gasteiger partial charge in [-0.05, 0) is 12.1 Å². The van der Waals surface area contributed by atoms with Crippen molar-refractivity contribution in [2.45, 2.75) is 6.18 Å². The normalized spacial score (nSPS) is 10.7. The number of aldehydes is 1. The number of carbonyl (C=O) groups excluding carboxylic acids is 2. The topological polar surface area (TPSA) is 83.9 Å². The molecular formula is C10H5F3N2O2. The smallest absolute Gasteiger partial charge is 0.366 e. The van der Waals surface area contributed by atoms with E-state index in [0.29, 0.717) is 12.1 Å². The summed E-state index contributed by atoms with van der Waals surface area (Å²) in [6.07, 6.45) is -4.71. The molecule has 17 heavy (non-hydrogen) atoms. The fourth-order valence-corrected chi connectivity index (χ4v) is 1.25. The van der Waals surface area contributed by atoms with Crippen LogP contribution in [0.2, 0.25) is 0 Å². The van der Waals surface area contributed by atoms with Crippen LogP contribution in [-0.2, 0) is 6.18 Å². The molecule has 4 nitrogen and oxygen atoms in total. The molecule has 88 valence electrons. The summed E-state index contributed by atoms with van der Waals surface area (Å²) in [6, 6.07) is 2.61. The van der Waals surface area contributed by atoms with Gasteiger partial charge >= 0.3 is 6.18 Å². The minimum atomic E-state index is -4.82. The van der Waals surface area contributed by atoms with Gasteiger partial charge in [0.1, 0.15) is 0 Å². The van der Waals surface area contributed by atoms with Gasteiger partial charge in [0.2, 0.25) is 5.91 Å². The minimum absolute atomic E-state index is 0.110. The maximum absolute atomic E-state index is 12.6. The van der Waals surface area contributed by atoms with Crippen LogP contribution in [0.4, 0.5) is 13.2 Å². The van der Waals surface area contributed by atoms with Gasteiger partial charge in [0, 0.05) is 5.56 Å². The van der Waals surface area contributed by atoms with Crippen molar-refractivity contribution in [2.75, 3.05) is 0 Å². The van der Waals surface area contributed by atoms with Gasteiger partial charge in [0.15, 0.2) is 6.29 Å². The second-order valence-corrected chi connectivity index (χ2v) is 3.08. The average Bonchev–Trinajstić information content (AvgIpc) is 2.25. The first-order valence-electron chi connectivity index (χ1n) is 4.21. The first kappa shape index (κ1) is 12.7. The van der Waals surface area contributed by atoms with Gasteiger partial charge in [-0.3, -0.25) is 9.59 Å².